The molecule has 3 rings (SSSR count). The molecule has 8 heteroatoms. The first kappa shape index (κ1) is 20.6. The molecule has 29 heavy (non-hydrogen) atoms. The van der Waals surface area contributed by atoms with Crippen LogP contribution in [0, 0.1) is 0 Å². The minimum Gasteiger partial charge on any atom is -0.322 e. The van der Waals surface area contributed by atoms with Gasteiger partial charge in [-0.15, -0.1) is 0 Å². The Morgan fingerprint density at radius 1 is 0.862 bits per heavy atom. The highest BCUT2D eigenvalue weighted by Crippen LogP contribution is 2.22. The topological polar surface area (TPSA) is 92.3 Å². The van der Waals surface area contributed by atoms with Gasteiger partial charge in [0.25, 0.3) is 15.9 Å². The molecule has 0 aromatic heterocycles. The number of halogens is 1. The molecule has 3 aromatic rings. The van der Waals surface area contributed by atoms with E-state index in [-0.39, 0.29) is 21.9 Å². The fraction of sp³-hybridized carbons (Fsp3) is 0.0476. The van der Waals surface area contributed by atoms with Crippen LogP contribution in [-0.4, -0.2) is 20.1 Å². The summed E-state index contributed by atoms with van der Waals surface area (Å²) in [5.74, 6) is -0.570. The fourth-order valence-corrected chi connectivity index (χ4v) is 3.78. The molecule has 0 unspecified atom stereocenters. The summed E-state index contributed by atoms with van der Waals surface area (Å²) in [4.78, 5) is 24.1. The molecule has 6 nitrogen and oxygen atoms in total. The van der Waals surface area contributed by atoms with Crippen molar-refractivity contribution in [2.75, 3.05) is 10.0 Å². The number of benzene rings is 3. The van der Waals surface area contributed by atoms with Crippen LogP contribution in [0.4, 0.5) is 11.4 Å². The van der Waals surface area contributed by atoms with Gasteiger partial charge in [0.1, 0.15) is 0 Å². The van der Waals surface area contributed by atoms with Gasteiger partial charge in [-0.05, 0) is 67.6 Å². The quantitative estimate of drug-likeness (QED) is 0.561. The molecule has 0 radical (unpaired) electrons. The Morgan fingerprint density at radius 3 is 2.10 bits per heavy atom. The van der Waals surface area contributed by atoms with Crippen LogP contribution in [0.15, 0.2) is 77.7 Å². The van der Waals surface area contributed by atoms with E-state index in [0.29, 0.717) is 16.3 Å². The summed E-state index contributed by atoms with van der Waals surface area (Å²) >= 11 is 5.81. The molecule has 0 spiro atoms. The van der Waals surface area contributed by atoms with Crippen LogP contribution in [-0.2, 0) is 10.0 Å². The first-order valence-electron chi connectivity index (χ1n) is 8.56. The summed E-state index contributed by atoms with van der Waals surface area (Å²) in [7, 11) is -3.90. The van der Waals surface area contributed by atoms with Gasteiger partial charge in [0.15, 0.2) is 5.78 Å². The van der Waals surface area contributed by atoms with Crippen molar-refractivity contribution in [1.29, 1.82) is 0 Å². The Bertz CT molecular complexity index is 1160. The summed E-state index contributed by atoms with van der Waals surface area (Å²) in [5, 5.41) is 3.11. The Morgan fingerprint density at radius 2 is 1.48 bits per heavy atom. The van der Waals surface area contributed by atoms with E-state index >= 15 is 0 Å². The minimum absolute atomic E-state index is 0.0249. The molecule has 0 aliphatic rings. The number of amides is 1. The third kappa shape index (κ3) is 5.01. The maximum Gasteiger partial charge on any atom is 0.261 e. The lowest BCUT2D eigenvalue weighted by molar-refractivity contribution is 0.101. The van der Waals surface area contributed by atoms with Crippen molar-refractivity contribution in [2.24, 2.45) is 0 Å². The van der Waals surface area contributed by atoms with Gasteiger partial charge in [0, 0.05) is 16.3 Å². The Balaban J connectivity index is 1.83. The third-order valence-corrected chi connectivity index (χ3v) is 5.72. The first-order chi connectivity index (χ1) is 13.8. The maximum atomic E-state index is 12.7. The van der Waals surface area contributed by atoms with Crippen molar-refractivity contribution in [3.63, 3.8) is 0 Å². The van der Waals surface area contributed by atoms with Gasteiger partial charge >= 0.3 is 0 Å². The van der Waals surface area contributed by atoms with Gasteiger partial charge in [0.2, 0.25) is 0 Å². The predicted octanol–water partition coefficient (Wildman–Crippen LogP) is 4.60. The molecular weight excluding hydrogens is 412 g/mol. The van der Waals surface area contributed by atoms with Crippen LogP contribution in [0.1, 0.15) is 27.6 Å². The van der Waals surface area contributed by atoms with E-state index in [1.807, 2.05) is 0 Å². The third-order valence-electron chi connectivity index (χ3n) is 4.09. The summed E-state index contributed by atoms with van der Waals surface area (Å²) in [5.41, 5.74) is 1.30. The zero-order chi connectivity index (χ0) is 21.0. The summed E-state index contributed by atoms with van der Waals surface area (Å²) in [6, 6.07) is 18.4. The highest BCUT2D eigenvalue weighted by Gasteiger charge is 2.18. The average Bonchev–Trinajstić information content (AvgIpc) is 2.69. The number of ketones is 1. The van der Waals surface area contributed by atoms with E-state index in [1.165, 1.54) is 43.3 Å². The number of sulfonamides is 1. The zero-order valence-corrected chi connectivity index (χ0v) is 16.9. The molecule has 0 saturated carbocycles. The molecule has 2 N–H and O–H groups in total. The molecule has 0 aliphatic carbocycles. The smallest absolute Gasteiger partial charge is 0.261 e. The van der Waals surface area contributed by atoms with Gasteiger partial charge in [0.05, 0.1) is 16.1 Å². The molecule has 0 fully saturated rings. The van der Waals surface area contributed by atoms with Crippen LogP contribution in [0.5, 0.6) is 0 Å². The highest BCUT2D eigenvalue weighted by atomic mass is 35.5. The number of rotatable bonds is 6. The molecule has 1 amide bonds. The Hall–Kier alpha value is -3.16. The second-order valence-corrected chi connectivity index (χ2v) is 8.31. The van der Waals surface area contributed by atoms with E-state index in [1.54, 1.807) is 36.4 Å². The minimum atomic E-state index is -3.90. The highest BCUT2D eigenvalue weighted by molar-refractivity contribution is 7.92. The monoisotopic (exact) mass is 428 g/mol. The van der Waals surface area contributed by atoms with Gasteiger partial charge in [-0.2, -0.15) is 0 Å². The summed E-state index contributed by atoms with van der Waals surface area (Å²) in [6.07, 6.45) is 0. The van der Waals surface area contributed by atoms with Gasteiger partial charge in [-0.1, -0.05) is 23.7 Å². The number of carbonyl (C=O) groups is 2. The van der Waals surface area contributed by atoms with Crippen LogP contribution in [0.25, 0.3) is 0 Å². The summed E-state index contributed by atoms with van der Waals surface area (Å²) in [6.45, 7) is 1.45. The van der Waals surface area contributed by atoms with Crippen molar-refractivity contribution in [3.05, 3.63) is 88.9 Å². The lowest BCUT2D eigenvalue weighted by Crippen LogP contribution is -2.18. The maximum absolute atomic E-state index is 12.7. The van der Waals surface area contributed by atoms with E-state index in [0.717, 1.165) is 0 Å². The van der Waals surface area contributed by atoms with Crippen LogP contribution >= 0.6 is 11.6 Å². The predicted molar refractivity (Wildman–Crippen MR) is 113 cm³/mol. The molecule has 0 aliphatic heterocycles. The number of anilines is 2. The fourth-order valence-electron chi connectivity index (χ4n) is 2.57. The van der Waals surface area contributed by atoms with Crippen LogP contribution in [0.3, 0.4) is 0 Å². The second kappa shape index (κ2) is 8.46. The second-order valence-electron chi connectivity index (χ2n) is 6.19. The number of nitrogens with one attached hydrogen (secondary N) is 2. The van der Waals surface area contributed by atoms with E-state index in [4.69, 9.17) is 11.6 Å². The van der Waals surface area contributed by atoms with E-state index < -0.39 is 15.9 Å². The molecular formula is C21H17ClN2O4S. The molecule has 0 heterocycles. The van der Waals surface area contributed by atoms with Crippen molar-refractivity contribution >= 4 is 44.7 Å². The van der Waals surface area contributed by atoms with Crippen LogP contribution < -0.4 is 10.0 Å². The van der Waals surface area contributed by atoms with Gasteiger partial charge in [-0.3, -0.25) is 14.3 Å². The first-order valence-corrected chi connectivity index (χ1v) is 10.4. The largest absolute Gasteiger partial charge is 0.322 e. The lowest BCUT2D eigenvalue weighted by atomic mass is 10.1. The van der Waals surface area contributed by atoms with Crippen molar-refractivity contribution in [1.82, 2.24) is 0 Å². The Kier molecular flexibility index (Phi) is 6.00. The van der Waals surface area contributed by atoms with Crippen molar-refractivity contribution in [2.45, 2.75) is 11.8 Å². The molecule has 0 atom stereocenters. The van der Waals surface area contributed by atoms with Crippen LogP contribution in [0.2, 0.25) is 5.02 Å². The SMILES string of the molecule is CC(=O)c1ccc(NC(=O)c2ccccc2NS(=O)(=O)c2ccc(Cl)cc2)cc1. The zero-order valence-electron chi connectivity index (χ0n) is 15.3. The molecule has 148 valence electrons. The molecule has 3 aromatic carbocycles. The number of hydrogen-bond acceptors (Lipinski definition) is 4. The van der Waals surface area contributed by atoms with E-state index in [2.05, 4.69) is 10.0 Å². The standard InChI is InChI=1S/C21H17ClN2O4S/c1-14(25)15-6-10-17(11-7-15)23-21(26)19-4-2-3-5-20(19)24-29(27,28)18-12-8-16(22)9-13-18/h2-13,24H,1H3,(H,23,26). The number of hydrogen-bond donors (Lipinski definition) is 2. The normalized spacial score (nSPS) is 11.0. The molecule has 0 saturated heterocycles. The van der Waals surface area contributed by atoms with Gasteiger partial charge < -0.3 is 5.32 Å². The van der Waals surface area contributed by atoms with E-state index in [9.17, 15) is 18.0 Å². The number of carbonyl (C=O) groups excluding carboxylic acids is 2. The van der Waals surface area contributed by atoms with Gasteiger partial charge in [-0.25, -0.2) is 8.42 Å². The Labute approximate surface area is 173 Å². The van der Waals surface area contributed by atoms with Crippen molar-refractivity contribution < 1.29 is 18.0 Å². The number of para-hydroxylation sites is 1. The molecule has 0 bridgehead atoms. The number of Topliss-reactive ketones (excluding diaryl/α,β-unsaturated/α-hetero) is 1. The lowest BCUT2D eigenvalue weighted by Gasteiger charge is -2.13. The van der Waals surface area contributed by atoms with Crippen molar-refractivity contribution in [3.8, 4) is 0 Å². The summed E-state index contributed by atoms with van der Waals surface area (Å²) < 4.78 is 27.7. The average molecular weight is 429 g/mol.